The molecule has 5 heteroatoms. The normalized spacial score (nSPS) is 10.7. The average Bonchev–Trinajstić information content (AvgIpc) is 2.82. The maximum absolute atomic E-state index is 9.28. The highest BCUT2D eigenvalue weighted by atomic mass is 32.1. The van der Waals surface area contributed by atoms with Crippen molar-refractivity contribution < 1.29 is 9.29 Å². The minimum Gasteiger partial charge on any atom is -0.508 e. The van der Waals surface area contributed by atoms with E-state index in [0.717, 1.165) is 16.6 Å². The Morgan fingerprint density at radius 3 is 2.61 bits per heavy atom. The second kappa shape index (κ2) is 4.27. The number of fused-ring (bicyclic) bond motifs is 1. The Labute approximate surface area is 109 Å². The molecule has 2 aromatic carbocycles. The smallest absolute Gasteiger partial charge is 0.137 e. The van der Waals surface area contributed by atoms with Crippen LogP contribution in [0.4, 0.5) is 0 Å². The van der Waals surface area contributed by atoms with Gasteiger partial charge in [-0.25, -0.2) is 4.68 Å². The average molecular weight is 258 g/mol. The van der Waals surface area contributed by atoms with Gasteiger partial charge in [-0.15, -0.1) is 0 Å². The Morgan fingerprint density at radius 1 is 1.11 bits per heavy atom. The van der Waals surface area contributed by atoms with E-state index >= 15 is 0 Å². The Balaban J connectivity index is 2.15. The molecule has 0 bridgehead atoms. The Kier molecular flexibility index (Phi) is 2.60. The van der Waals surface area contributed by atoms with Crippen molar-refractivity contribution in [2.75, 3.05) is 0 Å². The highest BCUT2D eigenvalue weighted by molar-refractivity contribution is 7.75. The van der Waals surface area contributed by atoms with Gasteiger partial charge in [0.05, 0.1) is 17.4 Å². The molecule has 0 aliphatic rings. The third-order valence-corrected chi connectivity index (χ3v) is 2.95. The first-order chi connectivity index (χ1) is 8.78. The number of aromatic nitrogens is 2. The number of benzene rings is 2. The van der Waals surface area contributed by atoms with Crippen LogP contribution in [-0.2, 0) is 0 Å². The standard InChI is InChI=1S/C13H10N2O2S/c16-11-3-1-10(2-4-11)15-13-6-5-12(17-18)7-9(13)8-14-15/h1-8,16,18H. The van der Waals surface area contributed by atoms with Crippen molar-refractivity contribution in [3.8, 4) is 17.2 Å². The molecule has 0 atom stereocenters. The molecule has 4 nitrogen and oxygen atoms in total. The van der Waals surface area contributed by atoms with Gasteiger partial charge in [-0.3, -0.25) is 0 Å². The summed E-state index contributed by atoms with van der Waals surface area (Å²) in [5, 5.41) is 14.6. The number of nitrogens with zero attached hydrogens (tertiary/aromatic N) is 2. The molecule has 1 N–H and O–H groups in total. The second-order valence-corrected chi connectivity index (χ2v) is 4.07. The quantitative estimate of drug-likeness (QED) is 0.549. The van der Waals surface area contributed by atoms with Gasteiger partial charge >= 0.3 is 0 Å². The molecule has 1 heterocycles. The Bertz CT molecular complexity index is 692. The molecule has 0 unspecified atom stereocenters. The van der Waals surface area contributed by atoms with E-state index in [-0.39, 0.29) is 5.75 Å². The summed E-state index contributed by atoms with van der Waals surface area (Å²) in [5.41, 5.74) is 1.86. The summed E-state index contributed by atoms with van der Waals surface area (Å²) in [6.07, 6.45) is 1.76. The van der Waals surface area contributed by atoms with Gasteiger partial charge in [-0.2, -0.15) is 5.10 Å². The van der Waals surface area contributed by atoms with E-state index in [9.17, 15) is 5.11 Å². The summed E-state index contributed by atoms with van der Waals surface area (Å²) >= 11 is 3.77. The molecular weight excluding hydrogens is 248 g/mol. The van der Waals surface area contributed by atoms with Crippen molar-refractivity contribution in [2.45, 2.75) is 0 Å². The number of hydrogen-bond donors (Lipinski definition) is 2. The van der Waals surface area contributed by atoms with E-state index in [1.807, 2.05) is 30.3 Å². The third kappa shape index (κ3) is 1.78. The maximum atomic E-state index is 9.28. The molecule has 3 aromatic rings. The summed E-state index contributed by atoms with van der Waals surface area (Å²) in [7, 11) is 0. The van der Waals surface area contributed by atoms with E-state index in [0.29, 0.717) is 5.75 Å². The van der Waals surface area contributed by atoms with E-state index in [1.54, 1.807) is 23.0 Å². The molecule has 0 saturated heterocycles. The zero-order valence-electron chi connectivity index (χ0n) is 9.32. The van der Waals surface area contributed by atoms with Crippen LogP contribution in [0.5, 0.6) is 11.5 Å². The number of thiol groups is 1. The van der Waals surface area contributed by atoms with Gasteiger partial charge < -0.3 is 9.29 Å². The van der Waals surface area contributed by atoms with E-state index in [1.165, 1.54) is 0 Å². The fourth-order valence-corrected chi connectivity index (χ4v) is 1.98. The minimum absolute atomic E-state index is 0.237. The molecule has 0 radical (unpaired) electrons. The van der Waals surface area contributed by atoms with Crippen molar-refractivity contribution in [3.05, 3.63) is 48.7 Å². The molecule has 3 rings (SSSR count). The number of phenolic OH excluding ortho intramolecular Hbond substituents is 1. The number of rotatable bonds is 2. The van der Waals surface area contributed by atoms with E-state index < -0.39 is 0 Å². The van der Waals surface area contributed by atoms with Crippen LogP contribution >= 0.6 is 12.9 Å². The van der Waals surface area contributed by atoms with Crippen LogP contribution in [0.3, 0.4) is 0 Å². The second-order valence-electron chi connectivity index (χ2n) is 3.88. The van der Waals surface area contributed by atoms with Gasteiger partial charge in [0.2, 0.25) is 0 Å². The SMILES string of the molecule is Oc1ccc(-n2ncc3cc(OS)ccc32)cc1. The topological polar surface area (TPSA) is 47.3 Å². The van der Waals surface area contributed by atoms with Crippen molar-refractivity contribution in [1.29, 1.82) is 0 Å². The summed E-state index contributed by atoms with van der Waals surface area (Å²) in [6.45, 7) is 0. The fraction of sp³-hybridized carbons (Fsp3) is 0. The minimum atomic E-state index is 0.237. The third-order valence-electron chi connectivity index (χ3n) is 2.74. The van der Waals surface area contributed by atoms with Gasteiger partial charge in [0.15, 0.2) is 0 Å². The fourth-order valence-electron chi connectivity index (χ4n) is 1.87. The molecular formula is C13H10N2O2S. The largest absolute Gasteiger partial charge is 0.508 e. The summed E-state index contributed by atoms with van der Waals surface area (Å²) < 4.78 is 6.68. The summed E-state index contributed by atoms with van der Waals surface area (Å²) in [5.74, 6) is 0.914. The predicted molar refractivity (Wildman–Crippen MR) is 72.3 cm³/mol. The van der Waals surface area contributed by atoms with Crippen molar-refractivity contribution in [1.82, 2.24) is 9.78 Å². The van der Waals surface area contributed by atoms with E-state index in [4.69, 9.17) is 4.18 Å². The maximum Gasteiger partial charge on any atom is 0.137 e. The van der Waals surface area contributed by atoms with Crippen molar-refractivity contribution in [3.63, 3.8) is 0 Å². The van der Waals surface area contributed by atoms with Crippen LogP contribution in [0, 0.1) is 0 Å². The lowest BCUT2D eigenvalue weighted by atomic mass is 10.2. The lowest BCUT2D eigenvalue weighted by molar-refractivity contribution is 0.475. The molecule has 18 heavy (non-hydrogen) atoms. The first kappa shape index (κ1) is 11.0. The molecule has 0 aliphatic carbocycles. The molecule has 0 fully saturated rings. The highest BCUT2D eigenvalue weighted by Crippen LogP contribution is 2.24. The van der Waals surface area contributed by atoms with E-state index in [2.05, 4.69) is 18.0 Å². The zero-order valence-corrected chi connectivity index (χ0v) is 10.2. The predicted octanol–water partition coefficient (Wildman–Crippen LogP) is 2.95. The lowest BCUT2D eigenvalue weighted by Crippen LogP contribution is -1.94. The molecule has 1 aromatic heterocycles. The number of aromatic hydroxyl groups is 1. The molecule has 0 amide bonds. The monoisotopic (exact) mass is 258 g/mol. The van der Waals surface area contributed by atoms with Crippen molar-refractivity contribution in [2.24, 2.45) is 0 Å². The molecule has 0 spiro atoms. The summed E-state index contributed by atoms with van der Waals surface area (Å²) in [4.78, 5) is 0. The van der Waals surface area contributed by atoms with Crippen LogP contribution in [0.25, 0.3) is 16.6 Å². The summed E-state index contributed by atoms with van der Waals surface area (Å²) in [6, 6.07) is 12.5. The highest BCUT2D eigenvalue weighted by Gasteiger charge is 2.05. The first-order valence-electron chi connectivity index (χ1n) is 5.36. The zero-order chi connectivity index (χ0) is 12.5. The molecule has 0 saturated carbocycles. The Morgan fingerprint density at radius 2 is 1.89 bits per heavy atom. The van der Waals surface area contributed by atoms with Crippen LogP contribution in [-0.4, -0.2) is 14.9 Å². The Hall–Kier alpha value is -2.14. The number of phenols is 1. The van der Waals surface area contributed by atoms with Crippen LogP contribution in [0.2, 0.25) is 0 Å². The van der Waals surface area contributed by atoms with Gasteiger partial charge in [0.25, 0.3) is 0 Å². The molecule has 0 aliphatic heterocycles. The number of hydrogen-bond acceptors (Lipinski definition) is 4. The van der Waals surface area contributed by atoms with Gasteiger partial charge in [0, 0.05) is 18.3 Å². The van der Waals surface area contributed by atoms with Crippen molar-refractivity contribution >= 4 is 23.8 Å². The lowest BCUT2D eigenvalue weighted by Gasteiger charge is -2.04. The molecule has 90 valence electrons. The van der Waals surface area contributed by atoms with Gasteiger partial charge in [-0.05, 0) is 42.5 Å². The van der Waals surface area contributed by atoms with Crippen LogP contribution in [0.1, 0.15) is 0 Å². The van der Waals surface area contributed by atoms with Gasteiger partial charge in [-0.1, -0.05) is 0 Å². The van der Waals surface area contributed by atoms with Crippen LogP contribution < -0.4 is 4.18 Å². The van der Waals surface area contributed by atoms with Crippen LogP contribution in [0.15, 0.2) is 48.7 Å². The first-order valence-corrected chi connectivity index (χ1v) is 5.73. The van der Waals surface area contributed by atoms with Gasteiger partial charge in [0.1, 0.15) is 11.5 Å².